The number of nitrogens with one attached hydrogen (secondary N) is 1. The van der Waals surface area contributed by atoms with Gasteiger partial charge in [0.05, 0.1) is 11.6 Å². The summed E-state index contributed by atoms with van der Waals surface area (Å²) in [5.41, 5.74) is 4.97. The minimum atomic E-state index is -0.327. The van der Waals surface area contributed by atoms with Gasteiger partial charge in [0.25, 0.3) is 0 Å². The summed E-state index contributed by atoms with van der Waals surface area (Å²) in [6.07, 6.45) is 0.834. The number of rotatable bonds is 6. The van der Waals surface area contributed by atoms with Crippen molar-refractivity contribution in [2.24, 2.45) is 5.73 Å². The van der Waals surface area contributed by atoms with Crippen molar-refractivity contribution in [1.29, 1.82) is 0 Å². The minimum absolute atomic E-state index is 0.177. The Kier molecular flexibility index (Phi) is 5.08. The average molecular weight is 202 g/mol. The van der Waals surface area contributed by atoms with Crippen molar-refractivity contribution < 1.29 is 9.53 Å². The van der Waals surface area contributed by atoms with Crippen molar-refractivity contribution in [3.05, 3.63) is 0 Å². The molecule has 2 unspecified atom stereocenters. The molecule has 0 radical (unpaired) electrons. The molecule has 0 fully saturated rings. The van der Waals surface area contributed by atoms with Gasteiger partial charge >= 0.3 is 0 Å². The minimum Gasteiger partial charge on any atom is -0.379 e. The number of carbonyl (C=O) groups excluding carboxylic acids is 1. The summed E-state index contributed by atoms with van der Waals surface area (Å²) in [4.78, 5) is 10.8. The van der Waals surface area contributed by atoms with Crippen LogP contribution >= 0.6 is 0 Å². The third kappa shape index (κ3) is 5.19. The molecule has 1 amide bonds. The summed E-state index contributed by atoms with van der Waals surface area (Å²) in [6.45, 7) is 7.80. The van der Waals surface area contributed by atoms with Crippen molar-refractivity contribution in [3.8, 4) is 0 Å². The van der Waals surface area contributed by atoms with E-state index in [1.165, 1.54) is 0 Å². The molecule has 0 saturated carbocycles. The van der Waals surface area contributed by atoms with Gasteiger partial charge in [-0.2, -0.15) is 0 Å². The zero-order valence-corrected chi connectivity index (χ0v) is 9.76. The van der Waals surface area contributed by atoms with Crippen LogP contribution in [0.5, 0.6) is 0 Å². The van der Waals surface area contributed by atoms with E-state index in [9.17, 15) is 4.79 Å². The number of nitrogens with two attached hydrogens (primary N) is 1. The molecule has 2 atom stereocenters. The van der Waals surface area contributed by atoms with E-state index in [1.54, 1.807) is 14.0 Å². The van der Waals surface area contributed by atoms with E-state index in [-0.39, 0.29) is 23.6 Å². The molecule has 0 aliphatic heterocycles. The van der Waals surface area contributed by atoms with Gasteiger partial charge in [-0.3, -0.25) is 4.79 Å². The lowest BCUT2D eigenvalue weighted by Gasteiger charge is -2.28. The number of methoxy groups -OCH3 is 1. The number of hydrogen-bond donors (Lipinski definition) is 2. The van der Waals surface area contributed by atoms with E-state index in [1.807, 2.05) is 20.8 Å². The highest BCUT2D eigenvalue weighted by atomic mass is 16.5. The molecule has 0 aromatic heterocycles. The number of primary amides is 1. The molecule has 0 aromatic carbocycles. The Balaban J connectivity index is 3.98. The number of ether oxygens (including phenoxy) is 1. The predicted octanol–water partition coefficient (Wildman–Crippen LogP) is 0.653. The Morgan fingerprint density at radius 3 is 2.36 bits per heavy atom. The maximum absolute atomic E-state index is 10.8. The van der Waals surface area contributed by atoms with Crippen LogP contribution in [0.25, 0.3) is 0 Å². The molecule has 3 N–H and O–H groups in total. The third-order valence-corrected chi connectivity index (χ3v) is 2.31. The molecule has 0 saturated heterocycles. The third-order valence-electron chi connectivity index (χ3n) is 2.31. The molecule has 84 valence electrons. The topological polar surface area (TPSA) is 64.3 Å². The fourth-order valence-corrected chi connectivity index (χ4v) is 1.39. The predicted molar refractivity (Wildman–Crippen MR) is 57.0 cm³/mol. The van der Waals surface area contributed by atoms with Crippen molar-refractivity contribution >= 4 is 5.91 Å². The summed E-state index contributed by atoms with van der Waals surface area (Å²) < 4.78 is 5.29. The van der Waals surface area contributed by atoms with Crippen LogP contribution in [0.3, 0.4) is 0 Å². The van der Waals surface area contributed by atoms with E-state index in [4.69, 9.17) is 10.5 Å². The van der Waals surface area contributed by atoms with Gasteiger partial charge in [0, 0.05) is 13.2 Å². The van der Waals surface area contributed by atoms with E-state index in [2.05, 4.69) is 5.32 Å². The van der Waals surface area contributed by atoms with E-state index >= 15 is 0 Å². The average Bonchev–Trinajstić information content (AvgIpc) is 2.02. The van der Waals surface area contributed by atoms with Gasteiger partial charge in [0.1, 0.15) is 0 Å². The summed E-state index contributed by atoms with van der Waals surface area (Å²) in [5, 5.41) is 3.12. The molecule has 0 aromatic rings. The Hall–Kier alpha value is -0.610. The van der Waals surface area contributed by atoms with E-state index in [0.717, 1.165) is 6.42 Å². The zero-order chi connectivity index (χ0) is 11.4. The zero-order valence-electron chi connectivity index (χ0n) is 9.76. The molecule has 4 nitrogen and oxygen atoms in total. The molecule has 0 aliphatic carbocycles. The molecule has 14 heavy (non-hydrogen) atoms. The lowest BCUT2D eigenvalue weighted by molar-refractivity contribution is -0.119. The highest BCUT2D eigenvalue weighted by molar-refractivity contribution is 5.79. The molecule has 0 bridgehead atoms. The maximum Gasteiger partial charge on any atom is 0.234 e. The molecule has 0 rings (SSSR count). The van der Waals surface area contributed by atoms with E-state index < -0.39 is 0 Å². The van der Waals surface area contributed by atoms with Crippen LogP contribution in [-0.2, 0) is 9.53 Å². The second kappa shape index (κ2) is 5.32. The SMILES string of the molecule is COC(C)(C)CC(C)NC(C)C(N)=O. The summed E-state index contributed by atoms with van der Waals surface area (Å²) >= 11 is 0. The highest BCUT2D eigenvalue weighted by Crippen LogP contribution is 2.15. The van der Waals surface area contributed by atoms with Crippen LogP contribution in [0, 0.1) is 0 Å². The second-order valence-corrected chi connectivity index (χ2v) is 4.36. The first-order valence-electron chi connectivity index (χ1n) is 4.89. The molecule has 0 heterocycles. The van der Waals surface area contributed by atoms with Crippen molar-refractivity contribution in [3.63, 3.8) is 0 Å². The summed E-state index contributed by atoms with van der Waals surface area (Å²) in [7, 11) is 1.68. The quantitative estimate of drug-likeness (QED) is 0.665. The number of carbonyl (C=O) groups is 1. The Labute approximate surface area is 86.2 Å². The fourth-order valence-electron chi connectivity index (χ4n) is 1.39. The van der Waals surface area contributed by atoms with Crippen molar-refractivity contribution in [2.45, 2.75) is 51.8 Å². The van der Waals surface area contributed by atoms with Gasteiger partial charge in [0.15, 0.2) is 0 Å². The van der Waals surface area contributed by atoms with Gasteiger partial charge in [-0.15, -0.1) is 0 Å². The van der Waals surface area contributed by atoms with E-state index in [0.29, 0.717) is 0 Å². The number of amides is 1. The van der Waals surface area contributed by atoms with Gasteiger partial charge in [0.2, 0.25) is 5.91 Å². The smallest absolute Gasteiger partial charge is 0.234 e. The molecule has 0 spiro atoms. The van der Waals surface area contributed by atoms with Gasteiger partial charge in [-0.05, 0) is 34.1 Å². The Morgan fingerprint density at radius 2 is 2.00 bits per heavy atom. The van der Waals surface area contributed by atoms with Crippen molar-refractivity contribution in [2.75, 3.05) is 7.11 Å². The van der Waals surface area contributed by atoms with Crippen LogP contribution in [0.2, 0.25) is 0 Å². The second-order valence-electron chi connectivity index (χ2n) is 4.36. The lowest BCUT2D eigenvalue weighted by Crippen LogP contribution is -2.45. The first-order valence-corrected chi connectivity index (χ1v) is 4.89. The van der Waals surface area contributed by atoms with Crippen LogP contribution < -0.4 is 11.1 Å². The first-order chi connectivity index (χ1) is 6.28. The van der Waals surface area contributed by atoms with Gasteiger partial charge < -0.3 is 15.8 Å². The Bertz CT molecular complexity index is 193. The maximum atomic E-state index is 10.8. The van der Waals surface area contributed by atoms with Gasteiger partial charge in [-0.25, -0.2) is 0 Å². The van der Waals surface area contributed by atoms with Crippen molar-refractivity contribution in [1.82, 2.24) is 5.32 Å². The Morgan fingerprint density at radius 1 is 1.50 bits per heavy atom. The van der Waals surface area contributed by atoms with Crippen LogP contribution in [0.1, 0.15) is 34.1 Å². The van der Waals surface area contributed by atoms with Gasteiger partial charge in [-0.1, -0.05) is 0 Å². The fraction of sp³-hybridized carbons (Fsp3) is 0.900. The monoisotopic (exact) mass is 202 g/mol. The largest absolute Gasteiger partial charge is 0.379 e. The molecule has 0 aliphatic rings. The first kappa shape index (κ1) is 13.4. The molecular formula is C10H22N2O2. The van der Waals surface area contributed by atoms with Crippen LogP contribution in [-0.4, -0.2) is 30.7 Å². The van der Waals surface area contributed by atoms with Crippen LogP contribution in [0.4, 0.5) is 0 Å². The summed E-state index contributed by atoms with van der Waals surface area (Å²) in [6, 6.07) is -0.0925. The normalized spacial score (nSPS) is 16.4. The standard InChI is InChI=1S/C10H22N2O2/c1-7(6-10(3,4)14-5)12-8(2)9(11)13/h7-8,12H,6H2,1-5H3,(H2,11,13). The number of hydrogen-bond acceptors (Lipinski definition) is 3. The van der Waals surface area contributed by atoms with Crippen LogP contribution in [0.15, 0.2) is 0 Å². The molecule has 4 heteroatoms. The summed E-state index contributed by atoms with van der Waals surface area (Å²) in [5.74, 6) is -0.327. The highest BCUT2D eigenvalue weighted by Gasteiger charge is 2.21. The molecular weight excluding hydrogens is 180 g/mol. The lowest BCUT2D eigenvalue weighted by atomic mass is 9.99.